The van der Waals surface area contributed by atoms with Crippen LogP contribution in [0.4, 0.5) is 8.78 Å². The van der Waals surface area contributed by atoms with Crippen molar-refractivity contribution in [2.24, 2.45) is 0 Å². The van der Waals surface area contributed by atoms with Crippen molar-refractivity contribution in [2.45, 2.75) is 10.8 Å². The average molecular weight is 390 g/mol. The Labute approximate surface area is 129 Å². The second-order valence-corrected chi connectivity index (χ2v) is 6.57. The number of alkyl halides is 2. The third-order valence-electron chi connectivity index (χ3n) is 2.48. The maximum absolute atomic E-state index is 12.9. The molecule has 0 radical (unpaired) electrons. The van der Waals surface area contributed by atoms with Gasteiger partial charge in [-0.3, -0.25) is 0 Å². The lowest BCUT2D eigenvalue weighted by Gasteiger charge is -2.16. The molecule has 120 valence electrons. The summed E-state index contributed by atoms with van der Waals surface area (Å²) in [4.78, 5) is -0.283. The number of nitrogens with one attached hydrogen (secondary N) is 1. The molecule has 0 aliphatic carbocycles. The van der Waals surface area contributed by atoms with Gasteiger partial charge in [0.2, 0.25) is 10.0 Å². The Balaban J connectivity index is 3.14. The zero-order valence-electron chi connectivity index (χ0n) is 11.2. The maximum atomic E-state index is 12.9. The van der Waals surface area contributed by atoms with Crippen LogP contribution in [0.15, 0.2) is 21.5 Å². The Morgan fingerprint density at radius 1 is 1.29 bits per heavy atom. The number of hydrogen-bond acceptors (Lipinski definition) is 5. The summed E-state index contributed by atoms with van der Waals surface area (Å²) in [6, 6.07) is 2.49. The number of benzene rings is 1. The Bertz CT molecular complexity index is 609. The molecule has 0 aromatic heterocycles. The van der Waals surface area contributed by atoms with E-state index in [1.165, 1.54) is 20.3 Å². The first-order chi connectivity index (χ1) is 9.66. The Kier molecular flexibility index (Phi) is 5.91. The number of halogens is 3. The van der Waals surface area contributed by atoms with Gasteiger partial charge in [0.05, 0.1) is 20.8 Å². The summed E-state index contributed by atoms with van der Waals surface area (Å²) in [5, 5.41) is 8.44. The Morgan fingerprint density at radius 3 is 2.29 bits per heavy atom. The van der Waals surface area contributed by atoms with Gasteiger partial charge in [0.1, 0.15) is 11.5 Å². The monoisotopic (exact) mass is 389 g/mol. The predicted octanol–water partition coefficient (Wildman–Crippen LogP) is 1.37. The molecule has 0 atom stereocenters. The van der Waals surface area contributed by atoms with Crippen LogP contribution in [0, 0.1) is 0 Å². The summed E-state index contributed by atoms with van der Waals surface area (Å²) in [7, 11) is -1.53. The maximum Gasteiger partial charge on any atom is 0.283 e. The van der Waals surface area contributed by atoms with Crippen molar-refractivity contribution in [3.8, 4) is 11.5 Å². The third kappa shape index (κ3) is 4.50. The number of sulfonamides is 1. The minimum absolute atomic E-state index is 0.125. The Hall–Kier alpha value is -0.970. The highest BCUT2D eigenvalue weighted by Gasteiger charge is 2.31. The normalized spacial score (nSPS) is 12.3. The highest BCUT2D eigenvalue weighted by molar-refractivity contribution is 9.10. The fourth-order valence-electron chi connectivity index (χ4n) is 1.38. The van der Waals surface area contributed by atoms with E-state index in [9.17, 15) is 17.2 Å². The van der Waals surface area contributed by atoms with Gasteiger partial charge in [-0.2, -0.15) is 0 Å². The molecule has 1 aromatic carbocycles. The van der Waals surface area contributed by atoms with Crippen molar-refractivity contribution in [2.75, 3.05) is 27.4 Å². The molecule has 0 heterocycles. The summed E-state index contributed by atoms with van der Waals surface area (Å²) >= 11 is 3.03. The van der Waals surface area contributed by atoms with Crippen molar-refractivity contribution in [1.29, 1.82) is 0 Å². The van der Waals surface area contributed by atoms with E-state index in [0.29, 0.717) is 0 Å². The lowest BCUT2D eigenvalue weighted by atomic mass is 10.3. The molecule has 0 saturated carbocycles. The second kappa shape index (κ2) is 6.86. The van der Waals surface area contributed by atoms with Gasteiger partial charge in [-0.1, -0.05) is 0 Å². The van der Waals surface area contributed by atoms with E-state index in [0.717, 1.165) is 6.07 Å². The van der Waals surface area contributed by atoms with Crippen molar-refractivity contribution >= 4 is 26.0 Å². The molecular weight excluding hydrogens is 376 g/mol. The minimum atomic E-state index is -4.22. The molecule has 0 fully saturated rings. The van der Waals surface area contributed by atoms with Crippen molar-refractivity contribution in [3.05, 3.63) is 16.6 Å². The summed E-state index contributed by atoms with van der Waals surface area (Å²) in [5.74, 6) is -3.13. The van der Waals surface area contributed by atoms with Crippen molar-refractivity contribution in [3.63, 3.8) is 0 Å². The largest absolute Gasteiger partial charge is 0.493 e. The number of methoxy groups -OCH3 is 2. The quantitative estimate of drug-likeness (QED) is 0.735. The molecule has 0 aliphatic rings. The lowest BCUT2D eigenvalue weighted by Crippen LogP contribution is -2.39. The molecule has 0 unspecified atom stereocenters. The van der Waals surface area contributed by atoms with E-state index < -0.39 is 29.1 Å². The topological polar surface area (TPSA) is 84.9 Å². The van der Waals surface area contributed by atoms with Gasteiger partial charge >= 0.3 is 0 Å². The smallest absolute Gasteiger partial charge is 0.283 e. The van der Waals surface area contributed by atoms with Crippen LogP contribution in [0.5, 0.6) is 11.5 Å². The minimum Gasteiger partial charge on any atom is -0.493 e. The van der Waals surface area contributed by atoms with E-state index in [1.54, 1.807) is 4.72 Å². The first kappa shape index (κ1) is 18.1. The van der Waals surface area contributed by atoms with Gasteiger partial charge in [-0.25, -0.2) is 21.9 Å². The van der Waals surface area contributed by atoms with Gasteiger partial charge < -0.3 is 14.6 Å². The van der Waals surface area contributed by atoms with Crippen LogP contribution in [0.25, 0.3) is 0 Å². The van der Waals surface area contributed by atoms with Gasteiger partial charge in [-0.05, 0) is 22.0 Å². The standard InChI is InChI=1S/C11H14BrF2NO5S/c1-19-8-3-7(12)10(4-9(8)20-2)21(17,18)15-5-11(13,14)6-16/h3-4,15-16H,5-6H2,1-2H3. The highest BCUT2D eigenvalue weighted by atomic mass is 79.9. The Morgan fingerprint density at radius 2 is 1.81 bits per heavy atom. The number of aliphatic hydroxyl groups is 1. The van der Waals surface area contributed by atoms with E-state index in [4.69, 9.17) is 14.6 Å². The zero-order valence-corrected chi connectivity index (χ0v) is 13.6. The third-order valence-corrected chi connectivity index (χ3v) is 4.84. The zero-order chi connectivity index (χ0) is 16.3. The van der Waals surface area contributed by atoms with Gasteiger partial charge in [0.15, 0.2) is 11.5 Å². The number of rotatable bonds is 7. The molecule has 1 rings (SSSR count). The molecule has 1 aromatic rings. The SMILES string of the molecule is COc1cc(Br)c(S(=O)(=O)NCC(F)(F)CO)cc1OC. The van der Waals surface area contributed by atoms with Crippen LogP contribution >= 0.6 is 15.9 Å². The van der Waals surface area contributed by atoms with Crippen LogP contribution in [-0.4, -0.2) is 46.8 Å². The lowest BCUT2D eigenvalue weighted by molar-refractivity contribution is -0.0437. The molecule has 0 spiro atoms. The molecule has 10 heteroatoms. The van der Waals surface area contributed by atoms with Crippen LogP contribution < -0.4 is 14.2 Å². The van der Waals surface area contributed by atoms with Crippen LogP contribution in [0.1, 0.15) is 0 Å². The fraction of sp³-hybridized carbons (Fsp3) is 0.455. The number of hydrogen-bond donors (Lipinski definition) is 2. The molecular formula is C11H14BrF2NO5S. The molecule has 0 aliphatic heterocycles. The van der Waals surface area contributed by atoms with Crippen LogP contribution in [-0.2, 0) is 10.0 Å². The van der Waals surface area contributed by atoms with Gasteiger partial charge in [0, 0.05) is 10.5 Å². The molecule has 21 heavy (non-hydrogen) atoms. The first-order valence-corrected chi connectivity index (χ1v) is 7.84. The number of ether oxygens (including phenoxy) is 2. The van der Waals surface area contributed by atoms with E-state index in [1.807, 2.05) is 0 Å². The van der Waals surface area contributed by atoms with Crippen molar-refractivity contribution in [1.82, 2.24) is 4.72 Å². The summed E-state index contributed by atoms with van der Waals surface area (Å²) in [6.07, 6.45) is 0. The molecule has 0 saturated heterocycles. The summed E-state index contributed by atoms with van der Waals surface area (Å²) in [6.45, 7) is -2.67. The van der Waals surface area contributed by atoms with Crippen LogP contribution in [0.2, 0.25) is 0 Å². The summed E-state index contributed by atoms with van der Waals surface area (Å²) in [5.41, 5.74) is 0. The predicted molar refractivity (Wildman–Crippen MR) is 74.5 cm³/mol. The number of aliphatic hydroxyl groups excluding tert-OH is 1. The molecule has 2 N–H and O–H groups in total. The van der Waals surface area contributed by atoms with Gasteiger partial charge in [0.25, 0.3) is 5.92 Å². The van der Waals surface area contributed by atoms with Gasteiger partial charge in [-0.15, -0.1) is 0 Å². The van der Waals surface area contributed by atoms with E-state index in [2.05, 4.69) is 15.9 Å². The average Bonchev–Trinajstić information content (AvgIpc) is 2.44. The molecule has 6 nitrogen and oxygen atoms in total. The van der Waals surface area contributed by atoms with E-state index >= 15 is 0 Å². The molecule has 0 amide bonds. The summed E-state index contributed by atoms with van der Waals surface area (Å²) < 4.78 is 61.7. The fourth-order valence-corrected chi connectivity index (χ4v) is 3.47. The highest BCUT2D eigenvalue weighted by Crippen LogP contribution is 2.35. The van der Waals surface area contributed by atoms with Crippen molar-refractivity contribution < 1.29 is 31.8 Å². The molecule has 0 bridgehead atoms. The van der Waals surface area contributed by atoms with E-state index in [-0.39, 0.29) is 20.9 Å². The second-order valence-electron chi connectivity index (χ2n) is 3.98. The first-order valence-electron chi connectivity index (χ1n) is 5.56. The van der Waals surface area contributed by atoms with Crippen LogP contribution in [0.3, 0.4) is 0 Å².